The van der Waals surface area contributed by atoms with Crippen LogP contribution in [0.3, 0.4) is 0 Å². The predicted molar refractivity (Wildman–Crippen MR) is 74.5 cm³/mol. The highest BCUT2D eigenvalue weighted by molar-refractivity contribution is 5.85. The highest BCUT2D eigenvalue weighted by Crippen LogP contribution is 2.30. The van der Waals surface area contributed by atoms with Crippen LogP contribution in [0.4, 0.5) is 5.69 Å². The number of methoxy groups -OCH3 is 1. The zero-order valence-electron chi connectivity index (χ0n) is 10.8. The average Bonchev–Trinajstić information content (AvgIpc) is 2.42. The molecule has 1 aromatic carbocycles. The Morgan fingerprint density at radius 1 is 1.50 bits per heavy atom. The second-order valence-corrected chi connectivity index (χ2v) is 3.52. The first-order chi connectivity index (χ1) is 9.08. The molecular formula is C11H16ClN3O5. The number of nitrogens with two attached hydrogens (primary N) is 1. The number of amides is 1. The number of nitro groups is 1. The van der Waals surface area contributed by atoms with Crippen molar-refractivity contribution in [1.82, 2.24) is 5.32 Å². The van der Waals surface area contributed by atoms with Crippen molar-refractivity contribution in [1.29, 1.82) is 0 Å². The molecule has 1 rings (SSSR count). The summed E-state index contributed by atoms with van der Waals surface area (Å²) in [5.41, 5.74) is 5.07. The van der Waals surface area contributed by atoms with Crippen molar-refractivity contribution in [2.24, 2.45) is 5.73 Å². The van der Waals surface area contributed by atoms with E-state index in [4.69, 9.17) is 15.2 Å². The molecule has 0 bridgehead atoms. The average molecular weight is 306 g/mol. The maximum absolute atomic E-state index is 11.3. The third-order valence-corrected chi connectivity index (χ3v) is 2.18. The lowest BCUT2D eigenvalue weighted by Gasteiger charge is -2.08. The summed E-state index contributed by atoms with van der Waals surface area (Å²) in [7, 11) is 1.32. The SMILES string of the molecule is COc1cc(OCC(=O)NCCN)ccc1[N+](=O)[O-].Cl. The van der Waals surface area contributed by atoms with Gasteiger partial charge in [0, 0.05) is 25.2 Å². The molecule has 0 radical (unpaired) electrons. The second-order valence-electron chi connectivity index (χ2n) is 3.52. The number of nitro benzene ring substituents is 1. The van der Waals surface area contributed by atoms with Gasteiger partial charge in [-0.05, 0) is 6.07 Å². The molecule has 1 amide bonds. The molecule has 0 aliphatic heterocycles. The molecule has 0 fully saturated rings. The van der Waals surface area contributed by atoms with Crippen LogP contribution in [-0.4, -0.2) is 37.6 Å². The van der Waals surface area contributed by atoms with E-state index in [2.05, 4.69) is 5.32 Å². The Kier molecular flexibility index (Phi) is 8.02. The highest BCUT2D eigenvalue weighted by Gasteiger charge is 2.15. The quantitative estimate of drug-likeness (QED) is 0.559. The van der Waals surface area contributed by atoms with Crippen LogP contribution in [0.2, 0.25) is 0 Å². The van der Waals surface area contributed by atoms with Gasteiger partial charge in [0.2, 0.25) is 5.75 Å². The number of nitrogens with one attached hydrogen (secondary N) is 1. The molecule has 0 unspecified atom stereocenters. The van der Waals surface area contributed by atoms with E-state index in [0.29, 0.717) is 18.8 Å². The van der Waals surface area contributed by atoms with Gasteiger partial charge in [-0.1, -0.05) is 0 Å². The minimum atomic E-state index is -0.559. The van der Waals surface area contributed by atoms with Crippen molar-refractivity contribution >= 4 is 24.0 Å². The first-order valence-electron chi connectivity index (χ1n) is 5.50. The molecule has 1 aromatic rings. The van der Waals surface area contributed by atoms with Crippen LogP contribution in [0.5, 0.6) is 11.5 Å². The fourth-order valence-electron chi connectivity index (χ4n) is 1.31. The Morgan fingerprint density at radius 2 is 2.20 bits per heavy atom. The number of hydrogen-bond acceptors (Lipinski definition) is 6. The van der Waals surface area contributed by atoms with Gasteiger partial charge in [-0.2, -0.15) is 0 Å². The van der Waals surface area contributed by atoms with Gasteiger partial charge in [-0.25, -0.2) is 0 Å². The van der Waals surface area contributed by atoms with E-state index in [9.17, 15) is 14.9 Å². The van der Waals surface area contributed by atoms with E-state index < -0.39 is 4.92 Å². The van der Waals surface area contributed by atoms with Gasteiger partial charge < -0.3 is 20.5 Å². The maximum atomic E-state index is 11.3. The van der Waals surface area contributed by atoms with E-state index in [1.165, 1.54) is 25.3 Å². The lowest BCUT2D eigenvalue weighted by molar-refractivity contribution is -0.385. The fourth-order valence-corrected chi connectivity index (χ4v) is 1.31. The molecule has 112 valence electrons. The predicted octanol–water partition coefficient (Wildman–Crippen LogP) is 0.479. The molecular weight excluding hydrogens is 290 g/mol. The fraction of sp³-hybridized carbons (Fsp3) is 0.364. The molecule has 20 heavy (non-hydrogen) atoms. The van der Waals surface area contributed by atoms with E-state index in [-0.39, 0.29) is 36.4 Å². The summed E-state index contributed by atoms with van der Waals surface area (Å²) in [5, 5.41) is 13.2. The molecule has 0 aromatic heterocycles. The van der Waals surface area contributed by atoms with Gasteiger partial charge in [0.1, 0.15) is 5.75 Å². The second kappa shape index (κ2) is 8.94. The van der Waals surface area contributed by atoms with Crippen LogP contribution >= 0.6 is 12.4 Å². The van der Waals surface area contributed by atoms with Crippen molar-refractivity contribution in [3.8, 4) is 11.5 Å². The number of carbonyl (C=O) groups excluding carboxylic acids is 1. The number of rotatable bonds is 7. The van der Waals surface area contributed by atoms with Gasteiger partial charge in [-0.3, -0.25) is 14.9 Å². The largest absolute Gasteiger partial charge is 0.490 e. The van der Waals surface area contributed by atoms with Crippen molar-refractivity contribution in [3.05, 3.63) is 28.3 Å². The van der Waals surface area contributed by atoms with Gasteiger partial charge in [0.05, 0.1) is 12.0 Å². The zero-order chi connectivity index (χ0) is 14.3. The zero-order valence-corrected chi connectivity index (χ0v) is 11.6. The summed E-state index contributed by atoms with van der Waals surface area (Å²) in [4.78, 5) is 21.4. The Bertz CT molecular complexity index is 469. The molecule has 0 heterocycles. The maximum Gasteiger partial charge on any atom is 0.311 e. The number of halogens is 1. The third-order valence-electron chi connectivity index (χ3n) is 2.18. The standard InChI is InChI=1S/C11H15N3O5.ClH/c1-18-10-6-8(2-3-9(10)14(16)17)19-7-11(15)13-5-4-12;/h2-3,6H,4-5,7,12H2,1H3,(H,13,15);1H. The van der Waals surface area contributed by atoms with Crippen molar-refractivity contribution < 1.29 is 19.2 Å². The van der Waals surface area contributed by atoms with E-state index in [1.807, 2.05) is 0 Å². The van der Waals surface area contributed by atoms with Crippen LogP contribution in [0.1, 0.15) is 0 Å². The molecule has 0 saturated heterocycles. The Labute approximate surface area is 121 Å². The van der Waals surface area contributed by atoms with Crippen LogP contribution in [0.25, 0.3) is 0 Å². The number of carbonyl (C=O) groups is 1. The molecule has 0 saturated carbocycles. The third kappa shape index (κ3) is 5.29. The van der Waals surface area contributed by atoms with E-state index >= 15 is 0 Å². The lowest BCUT2D eigenvalue weighted by Crippen LogP contribution is -2.32. The molecule has 0 aliphatic carbocycles. The number of ether oxygens (including phenoxy) is 2. The molecule has 3 N–H and O–H groups in total. The van der Waals surface area contributed by atoms with Crippen LogP contribution in [0, 0.1) is 10.1 Å². The first-order valence-corrected chi connectivity index (χ1v) is 5.50. The highest BCUT2D eigenvalue weighted by atomic mass is 35.5. The molecule has 0 spiro atoms. The summed E-state index contributed by atoms with van der Waals surface area (Å²) < 4.78 is 10.1. The molecule has 0 aliphatic rings. The summed E-state index contributed by atoms with van der Waals surface area (Å²) in [5.74, 6) is 0.0676. The van der Waals surface area contributed by atoms with E-state index in [1.54, 1.807) is 0 Å². The number of benzene rings is 1. The van der Waals surface area contributed by atoms with Crippen LogP contribution in [-0.2, 0) is 4.79 Å². The van der Waals surface area contributed by atoms with Gasteiger partial charge >= 0.3 is 5.69 Å². The van der Waals surface area contributed by atoms with Gasteiger partial charge in [-0.15, -0.1) is 12.4 Å². The van der Waals surface area contributed by atoms with E-state index in [0.717, 1.165) is 0 Å². The number of hydrogen-bond donors (Lipinski definition) is 2. The van der Waals surface area contributed by atoms with Crippen molar-refractivity contribution in [2.45, 2.75) is 0 Å². The summed E-state index contributed by atoms with van der Waals surface area (Å²) in [6, 6.07) is 4.01. The monoisotopic (exact) mass is 305 g/mol. The molecule has 9 heteroatoms. The minimum Gasteiger partial charge on any atom is -0.490 e. The first kappa shape index (κ1) is 17.9. The molecule has 8 nitrogen and oxygen atoms in total. The number of nitrogens with zero attached hydrogens (tertiary/aromatic N) is 1. The Balaban J connectivity index is 0.00000361. The summed E-state index contributed by atoms with van der Waals surface area (Å²) in [6.07, 6.45) is 0. The summed E-state index contributed by atoms with van der Waals surface area (Å²) >= 11 is 0. The lowest BCUT2D eigenvalue weighted by atomic mass is 10.3. The van der Waals surface area contributed by atoms with Crippen LogP contribution < -0.4 is 20.5 Å². The normalized spacial score (nSPS) is 9.30. The van der Waals surface area contributed by atoms with Gasteiger partial charge in [0.15, 0.2) is 6.61 Å². The topological polar surface area (TPSA) is 117 Å². The van der Waals surface area contributed by atoms with Crippen LogP contribution in [0.15, 0.2) is 18.2 Å². The van der Waals surface area contributed by atoms with Crippen molar-refractivity contribution in [2.75, 3.05) is 26.8 Å². The van der Waals surface area contributed by atoms with Crippen molar-refractivity contribution in [3.63, 3.8) is 0 Å². The minimum absolute atomic E-state index is 0. The summed E-state index contributed by atoms with van der Waals surface area (Å²) in [6.45, 7) is 0.518. The Hall–Kier alpha value is -2.06. The smallest absolute Gasteiger partial charge is 0.311 e. The Morgan fingerprint density at radius 3 is 2.75 bits per heavy atom. The van der Waals surface area contributed by atoms with Gasteiger partial charge in [0.25, 0.3) is 5.91 Å². The molecule has 0 atom stereocenters.